The van der Waals surface area contributed by atoms with E-state index in [9.17, 15) is 40.2 Å². The van der Waals surface area contributed by atoms with Gasteiger partial charge in [-0.1, -0.05) is 72.8 Å². The summed E-state index contributed by atoms with van der Waals surface area (Å²) in [7, 11) is 6.43. The maximum atomic E-state index is 13.6. The molecule has 2 saturated heterocycles. The third-order valence-corrected chi connectivity index (χ3v) is 16.1. The number of nitrogens with zero attached hydrogens (tertiary/aromatic N) is 4. The summed E-state index contributed by atoms with van der Waals surface area (Å²) in [5, 5.41) is 71.8. The van der Waals surface area contributed by atoms with E-state index >= 15 is 0 Å². The van der Waals surface area contributed by atoms with Gasteiger partial charge in [-0.2, -0.15) is 0 Å². The van der Waals surface area contributed by atoms with Crippen LogP contribution >= 0.6 is 0 Å². The molecule has 4 aromatic heterocycles. The lowest BCUT2D eigenvalue weighted by Crippen LogP contribution is -2.57. The summed E-state index contributed by atoms with van der Waals surface area (Å²) in [6.07, 6.45) is -10.8. The molecule has 0 radical (unpaired) electrons. The van der Waals surface area contributed by atoms with Crippen LogP contribution in [-0.2, 0) is 32.0 Å². The van der Waals surface area contributed by atoms with Crippen molar-refractivity contribution in [1.29, 1.82) is 0 Å². The largest absolute Gasteiger partial charge is 0.394 e. The number of rotatable bonds is 6. The standard InChI is InChI=1S/2C28H27N3O6/c1-30-11-15-19-14-8-4-6-10-17(14)31(28-25(34)24(33)26(36-2)18(12-32)37-28)23(19)22-20(21(15)27(30)35)13-7-3-5-9-16(13)29-22;1-30-11-15-19-13-7-3-5-9-16(13)29-22(19)23-20(21(15)27(30)35)14-8-4-6-10-17(14)31(23)28-25(34)24(33)26(36-2)18(12-32)37-28/h2*3-10,18,24-26,28-29,32-34H,11-12H2,1-2H3. The first-order valence-electron chi connectivity index (χ1n) is 24.7. The summed E-state index contributed by atoms with van der Waals surface area (Å²) in [6.45, 7) is 0.171. The van der Waals surface area contributed by atoms with Gasteiger partial charge >= 0.3 is 0 Å². The van der Waals surface area contributed by atoms with Crippen molar-refractivity contribution < 1.29 is 59.2 Å². The number of H-pyrrole nitrogens is 2. The fraction of sp³-hybridized carbons (Fsp3) is 0.321. The molecule has 18 heteroatoms. The monoisotopic (exact) mass is 1000 g/mol. The van der Waals surface area contributed by atoms with Crippen LogP contribution in [0.5, 0.6) is 0 Å². The van der Waals surface area contributed by atoms with Crippen LogP contribution in [-0.4, -0.2) is 162 Å². The number of para-hydroxylation sites is 4. The summed E-state index contributed by atoms with van der Waals surface area (Å²) in [6, 6.07) is 31.3. The minimum atomic E-state index is -1.35. The average Bonchev–Trinajstić information content (AvgIpc) is 4.27. The molecule has 380 valence electrons. The van der Waals surface area contributed by atoms with Gasteiger partial charge in [-0.3, -0.25) is 9.59 Å². The Balaban J connectivity index is 0.000000143. The van der Waals surface area contributed by atoms with Crippen LogP contribution in [0.4, 0.5) is 0 Å². The Hall–Kier alpha value is -6.94. The lowest BCUT2D eigenvalue weighted by molar-refractivity contribution is -0.255. The number of benzene rings is 6. The molecule has 4 aliphatic rings. The molecule has 14 rings (SSSR count). The molecule has 0 spiro atoms. The Morgan fingerprint density at radius 3 is 1.41 bits per heavy atom. The van der Waals surface area contributed by atoms with Crippen LogP contribution in [0.3, 0.4) is 0 Å². The first-order valence-corrected chi connectivity index (χ1v) is 24.7. The van der Waals surface area contributed by atoms with E-state index in [0.717, 1.165) is 92.8 Å². The zero-order valence-corrected chi connectivity index (χ0v) is 40.8. The van der Waals surface area contributed by atoms with Crippen LogP contribution in [0, 0.1) is 0 Å². The molecule has 8 N–H and O–H groups in total. The first-order chi connectivity index (χ1) is 35.9. The zero-order chi connectivity index (χ0) is 51.2. The summed E-state index contributed by atoms with van der Waals surface area (Å²) >= 11 is 0. The van der Waals surface area contributed by atoms with Gasteiger partial charge in [-0.25, -0.2) is 0 Å². The van der Waals surface area contributed by atoms with Crippen LogP contribution in [0.15, 0.2) is 97.1 Å². The summed E-state index contributed by atoms with van der Waals surface area (Å²) < 4.78 is 27.0. The summed E-state index contributed by atoms with van der Waals surface area (Å²) in [4.78, 5) is 37.6. The van der Waals surface area contributed by atoms with Crippen LogP contribution < -0.4 is 0 Å². The number of nitrogens with one attached hydrogen (secondary N) is 2. The highest BCUT2D eigenvalue weighted by molar-refractivity contribution is 6.32. The Morgan fingerprint density at radius 2 is 0.919 bits per heavy atom. The highest BCUT2D eigenvalue weighted by atomic mass is 16.6. The first kappa shape index (κ1) is 46.8. The number of hydrogen-bond acceptors (Lipinski definition) is 12. The van der Waals surface area contributed by atoms with Crippen molar-refractivity contribution in [2.24, 2.45) is 0 Å². The highest BCUT2D eigenvalue weighted by Gasteiger charge is 2.49. The molecular weight excluding hydrogens is 949 g/mol. The van der Waals surface area contributed by atoms with Crippen molar-refractivity contribution in [3.8, 4) is 0 Å². The van der Waals surface area contributed by atoms with Gasteiger partial charge < -0.3 is 78.5 Å². The van der Waals surface area contributed by atoms with Crippen molar-refractivity contribution in [2.75, 3.05) is 41.5 Å². The minimum Gasteiger partial charge on any atom is -0.394 e. The maximum Gasteiger partial charge on any atom is 0.254 e. The topological polar surface area (TPSA) is 240 Å². The molecule has 10 atom stereocenters. The molecule has 2 fully saturated rings. The number of aliphatic hydroxyl groups excluding tert-OH is 6. The van der Waals surface area contributed by atoms with E-state index in [1.807, 2.05) is 106 Å². The molecule has 10 aromatic rings. The van der Waals surface area contributed by atoms with Crippen LogP contribution in [0.2, 0.25) is 0 Å². The fourth-order valence-corrected chi connectivity index (χ4v) is 12.8. The Labute approximate surface area is 421 Å². The van der Waals surface area contributed by atoms with Gasteiger partial charge in [-0.15, -0.1) is 0 Å². The van der Waals surface area contributed by atoms with Crippen molar-refractivity contribution in [1.82, 2.24) is 28.9 Å². The lowest BCUT2D eigenvalue weighted by Gasteiger charge is -2.42. The second-order valence-electron chi connectivity index (χ2n) is 20.0. The normalized spacial score (nSPS) is 26.2. The van der Waals surface area contributed by atoms with E-state index in [2.05, 4.69) is 9.97 Å². The second-order valence-corrected chi connectivity index (χ2v) is 20.0. The van der Waals surface area contributed by atoms with Crippen LogP contribution in [0.1, 0.15) is 44.3 Å². The van der Waals surface area contributed by atoms with Crippen molar-refractivity contribution in [2.45, 2.75) is 74.4 Å². The van der Waals surface area contributed by atoms with E-state index in [1.165, 1.54) is 14.2 Å². The molecule has 18 nitrogen and oxygen atoms in total. The number of aromatic amines is 2. The molecule has 8 heterocycles. The minimum absolute atomic E-state index is 0.0314. The van der Waals surface area contributed by atoms with Gasteiger partial charge in [-0.05, 0) is 35.4 Å². The van der Waals surface area contributed by atoms with E-state index in [4.69, 9.17) is 18.9 Å². The van der Waals surface area contributed by atoms with Crippen molar-refractivity contribution in [3.05, 3.63) is 119 Å². The molecule has 2 amide bonds. The number of aromatic nitrogens is 4. The van der Waals surface area contributed by atoms with Gasteiger partial charge in [0.05, 0.1) is 57.4 Å². The molecule has 0 saturated carbocycles. The average molecular weight is 1000 g/mol. The van der Waals surface area contributed by atoms with Gasteiger partial charge in [0.15, 0.2) is 12.5 Å². The number of methoxy groups -OCH3 is 2. The molecule has 10 unspecified atom stereocenters. The summed E-state index contributed by atoms with van der Waals surface area (Å²) in [5.41, 5.74) is 9.65. The number of ether oxygens (including phenoxy) is 4. The predicted octanol–water partition coefficient (Wildman–Crippen LogP) is 5.28. The Bertz CT molecular complexity index is 3950. The maximum absolute atomic E-state index is 13.6. The highest BCUT2D eigenvalue weighted by Crippen LogP contribution is 2.49. The predicted molar refractivity (Wildman–Crippen MR) is 277 cm³/mol. The second kappa shape index (κ2) is 17.3. The number of fused-ring (bicyclic) bond motifs is 20. The van der Waals surface area contributed by atoms with Gasteiger partial charge in [0.25, 0.3) is 11.8 Å². The summed E-state index contributed by atoms with van der Waals surface area (Å²) in [5.74, 6) is -0.0935. The SMILES string of the molecule is COC1C(CO)OC(n2c3ccccc3c3c4c(c5c6ccccc6[nH]c5c32)C(=O)N(C)C4)C(O)C1O.COC1C(CO)OC(n2c3ccccc3c3c4c(c5c6ccccc6[nH]c5c32)CN(C)C4=O)C(O)C1O. The third kappa shape index (κ3) is 6.35. The smallest absolute Gasteiger partial charge is 0.254 e. The molecule has 6 aromatic carbocycles. The molecule has 4 aliphatic heterocycles. The number of carbonyl (C=O) groups excluding carboxylic acids is 2. The van der Waals surface area contributed by atoms with Gasteiger partial charge in [0, 0.05) is 95.5 Å². The molecule has 0 aliphatic carbocycles. The number of aliphatic hydroxyl groups is 6. The molecule has 74 heavy (non-hydrogen) atoms. The number of hydrogen-bond donors (Lipinski definition) is 8. The number of carbonyl (C=O) groups is 2. The van der Waals surface area contributed by atoms with Crippen molar-refractivity contribution in [3.63, 3.8) is 0 Å². The number of amides is 2. The fourth-order valence-electron chi connectivity index (χ4n) is 12.8. The Kier molecular flexibility index (Phi) is 11.0. The van der Waals surface area contributed by atoms with Gasteiger partial charge in [0.2, 0.25) is 0 Å². The van der Waals surface area contributed by atoms with Gasteiger partial charge in [0.1, 0.15) is 48.8 Å². The zero-order valence-electron chi connectivity index (χ0n) is 40.8. The van der Waals surface area contributed by atoms with Crippen molar-refractivity contribution >= 4 is 99.0 Å². The van der Waals surface area contributed by atoms with E-state index in [-0.39, 0.29) is 18.4 Å². The Morgan fingerprint density at radius 1 is 0.527 bits per heavy atom. The molecular formula is C56H54N6O12. The lowest BCUT2D eigenvalue weighted by atomic mass is 9.96. The third-order valence-electron chi connectivity index (χ3n) is 16.1. The van der Waals surface area contributed by atoms with Crippen LogP contribution in [0.25, 0.3) is 87.2 Å². The van der Waals surface area contributed by atoms with E-state index in [0.29, 0.717) is 29.7 Å². The van der Waals surface area contributed by atoms with E-state index in [1.54, 1.807) is 23.9 Å². The quantitative estimate of drug-likeness (QED) is 0.106. The molecule has 0 bridgehead atoms. The van der Waals surface area contributed by atoms with E-state index < -0.39 is 67.9 Å².